The molecule has 2 heteroatoms. The molecule has 6 heavy (non-hydrogen) atoms. The van der Waals surface area contributed by atoms with E-state index < -0.39 is 18.4 Å². The summed E-state index contributed by atoms with van der Waals surface area (Å²) >= 11 is -1.18. The minimum Gasteiger partial charge on any atom is 0 e. The zero-order valence-corrected chi connectivity index (χ0v) is 7.76. The fourth-order valence-electron chi connectivity index (χ4n) is 0. The predicted molar refractivity (Wildman–Crippen MR) is 29.9 cm³/mol. The Bertz CT molecular complexity index is 23.0. The predicted octanol–water partition coefficient (Wildman–Crippen LogP) is 1.84. The van der Waals surface area contributed by atoms with E-state index in [4.69, 9.17) is 0 Å². The molecule has 0 N–H and O–H groups in total. The van der Waals surface area contributed by atoms with Gasteiger partial charge in [0, 0.05) is 5.48 Å². The second-order valence-corrected chi connectivity index (χ2v) is 20.1. The summed E-state index contributed by atoms with van der Waals surface area (Å²) in [6.07, 6.45) is 0. The van der Waals surface area contributed by atoms with E-state index in [9.17, 15) is 0 Å². The summed E-state index contributed by atoms with van der Waals surface area (Å²) in [5.41, 5.74) is 0. The van der Waals surface area contributed by atoms with E-state index in [1.165, 1.54) is 0 Å². The van der Waals surface area contributed by atoms with Crippen LogP contribution in [0, 0.1) is 0 Å². The van der Waals surface area contributed by atoms with Crippen LogP contribution in [0.1, 0.15) is 0 Å². The van der Waals surface area contributed by atoms with Crippen LogP contribution in [0.5, 0.6) is 0 Å². The second-order valence-electron chi connectivity index (χ2n) is 3.00. The van der Waals surface area contributed by atoms with E-state index in [0.717, 1.165) is 0 Å². The van der Waals surface area contributed by atoms with Crippen LogP contribution in [0.2, 0.25) is 19.8 Å². The van der Waals surface area contributed by atoms with Gasteiger partial charge in [0.1, 0.15) is 0 Å². The van der Waals surface area contributed by atoms with Crippen molar-refractivity contribution in [2.75, 3.05) is 0 Å². The Hall–Kier alpha value is 0.759. The van der Waals surface area contributed by atoms with Gasteiger partial charge in [0.25, 0.3) is 0 Å². The minimum atomic E-state index is -1.18. The molecule has 0 saturated heterocycles. The maximum absolute atomic E-state index is 2.40. The van der Waals surface area contributed by atoms with Crippen molar-refractivity contribution in [2.24, 2.45) is 0 Å². The van der Waals surface area contributed by atoms with Crippen LogP contribution in [0.3, 0.4) is 0 Å². The minimum absolute atomic E-state index is 0. The zero-order valence-electron chi connectivity index (χ0n) is 4.91. The number of hydrogen-bond donors (Lipinski definition) is 0. The molecule has 0 aromatic carbocycles. The van der Waals surface area contributed by atoms with E-state index in [1.54, 1.807) is 0 Å². The van der Waals surface area contributed by atoms with Crippen LogP contribution in [0.4, 0.5) is 0 Å². The first-order valence-corrected chi connectivity index (χ1v) is 13.4. The van der Waals surface area contributed by atoms with E-state index in [2.05, 4.69) is 19.8 Å². The van der Waals surface area contributed by atoms with Gasteiger partial charge >= 0.3 is 38.1 Å². The van der Waals surface area contributed by atoms with Gasteiger partial charge in [-0.15, -0.1) is 0 Å². The molecule has 38 valence electrons. The first kappa shape index (κ1) is 9.90. The van der Waals surface area contributed by atoms with E-state index in [0.29, 0.717) is 0 Å². The number of rotatable bonds is 0. The van der Waals surface area contributed by atoms with Gasteiger partial charge in [0.15, 0.2) is 0 Å². The fraction of sp³-hybridized carbons (Fsp3) is 1.00. The molecular weight excluding hydrogens is 183 g/mol. The van der Waals surface area contributed by atoms with Gasteiger partial charge in [0.2, 0.25) is 0 Å². The molecule has 0 aromatic rings. The van der Waals surface area contributed by atoms with Crippen molar-refractivity contribution in [1.82, 2.24) is 0 Å². The Morgan fingerprint density at radius 1 is 0.833 bits per heavy atom. The Kier molecular flexibility index (Phi) is 4.71. The Morgan fingerprint density at radius 2 is 0.833 bits per heavy atom. The molecule has 0 fully saturated rings. The third kappa shape index (κ3) is 117. The van der Waals surface area contributed by atoms with Crippen LogP contribution in [-0.2, 0) is 5.48 Å². The molecule has 0 aliphatic heterocycles. The van der Waals surface area contributed by atoms with Crippen LogP contribution in [0.25, 0.3) is 0 Å². The van der Waals surface area contributed by atoms with Crippen molar-refractivity contribution in [1.29, 1.82) is 0 Å². The van der Waals surface area contributed by atoms with Gasteiger partial charge in [-0.05, 0) is 0 Å². The van der Waals surface area contributed by atoms with Crippen LogP contribution in [-0.4, -0.2) is 18.4 Å². The van der Waals surface area contributed by atoms with E-state index >= 15 is 0 Å². The Balaban J connectivity index is 0. The molecule has 2 radical (unpaired) electrons. The van der Waals surface area contributed by atoms with Gasteiger partial charge in [-0.25, -0.2) is 0 Å². The Labute approximate surface area is 43.9 Å². The summed E-state index contributed by atoms with van der Waals surface area (Å²) in [5, 5.41) is 0. The molecule has 0 aromatic heterocycles. The normalized spacial score (nSPS) is 10.0. The third-order valence-electron chi connectivity index (χ3n) is 0. The molecule has 0 amide bonds. The Morgan fingerprint density at radius 3 is 0.833 bits per heavy atom. The van der Waals surface area contributed by atoms with Crippen molar-refractivity contribution in [2.45, 2.75) is 19.8 Å². The SMILES string of the molecule is [CH3][Sn]([CH3])([CH3])[CH3].[O]. The molecule has 0 bridgehead atoms. The topological polar surface area (TPSA) is 28.5 Å². The van der Waals surface area contributed by atoms with Gasteiger partial charge in [-0.2, -0.15) is 0 Å². The third-order valence-corrected chi connectivity index (χ3v) is 0. The van der Waals surface area contributed by atoms with E-state index in [-0.39, 0.29) is 5.48 Å². The fourth-order valence-corrected chi connectivity index (χ4v) is 0. The van der Waals surface area contributed by atoms with Gasteiger partial charge < -0.3 is 0 Å². The molecule has 0 aliphatic carbocycles. The summed E-state index contributed by atoms with van der Waals surface area (Å²) < 4.78 is 0. The number of hydrogen-bond acceptors (Lipinski definition) is 0. The molecule has 0 spiro atoms. The van der Waals surface area contributed by atoms with Crippen molar-refractivity contribution < 1.29 is 5.48 Å². The maximum Gasteiger partial charge on any atom is 0 e. The summed E-state index contributed by atoms with van der Waals surface area (Å²) in [4.78, 5) is 9.59. The van der Waals surface area contributed by atoms with Gasteiger partial charge in [-0.3, -0.25) is 0 Å². The molecule has 0 saturated carbocycles. The molecule has 0 heterocycles. The average molecular weight is 195 g/mol. The first-order valence-electron chi connectivity index (χ1n) is 2.00. The summed E-state index contributed by atoms with van der Waals surface area (Å²) in [6, 6.07) is 0. The molecule has 0 aliphatic rings. The van der Waals surface area contributed by atoms with Gasteiger partial charge in [0.05, 0.1) is 0 Å². The van der Waals surface area contributed by atoms with Crippen molar-refractivity contribution >= 4 is 18.4 Å². The molecule has 0 rings (SSSR count). The smallest absolute Gasteiger partial charge is 0 e. The van der Waals surface area contributed by atoms with Crippen molar-refractivity contribution in [3.8, 4) is 0 Å². The van der Waals surface area contributed by atoms with Crippen LogP contribution < -0.4 is 0 Å². The van der Waals surface area contributed by atoms with Crippen LogP contribution in [0.15, 0.2) is 0 Å². The molecule has 0 unspecified atom stereocenters. The van der Waals surface area contributed by atoms with Crippen molar-refractivity contribution in [3.05, 3.63) is 0 Å². The largest absolute Gasteiger partial charge is 0 e. The quantitative estimate of drug-likeness (QED) is 0.527. The first-order chi connectivity index (χ1) is 2.00. The molecule has 0 atom stereocenters. The molecular formula is C4H12OSn. The summed E-state index contributed by atoms with van der Waals surface area (Å²) in [6.45, 7) is 0. The summed E-state index contributed by atoms with van der Waals surface area (Å²) in [7, 11) is 0. The standard InChI is InChI=1S/4CH3.O.Sn/h4*1H3;;. The molecule has 1 nitrogen and oxygen atoms in total. The zero-order chi connectivity index (χ0) is 4.50. The average Bonchev–Trinajstić information content (AvgIpc) is 0.722. The summed E-state index contributed by atoms with van der Waals surface area (Å²) in [5.74, 6) is 0. The van der Waals surface area contributed by atoms with Crippen molar-refractivity contribution in [3.63, 3.8) is 0 Å². The van der Waals surface area contributed by atoms with Gasteiger partial charge in [-0.1, -0.05) is 0 Å². The van der Waals surface area contributed by atoms with Crippen LogP contribution >= 0.6 is 0 Å². The van der Waals surface area contributed by atoms with E-state index in [1.807, 2.05) is 0 Å². The maximum atomic E-state index is 2.40. The second kappa shape index (κ2) is 2.85. The monoisotopic (exact) mass is 196 g/mol.